The van der Waals surface area contributed by atoms with Gasteiger partial charge in [-0.05, 0) is 54.3 Å². The van der Waals surface area contributed by atoms with Crippen LogP contribution in [0.25, 0.3) is 0 Å². The molecule has 0 heterocycles. The number of anilines is 1. The summed E-state index contributed by atoms with van der Waals surface area (Å²) in [6, 6.07) is 11.6. The number of hydrogen-bond donors (Lipinski definition) is 2. The van der Waals surface area contributed by atoms with Crippen LogP contribution in [0.15, 0.2) is 53.4 Å². The van der Waals surface area contributed by atoms with E-state index >= 15 is 0 Å². The molecule has 2 amide bonds. The van der Waals surface area contributed by atoms with Gasteiger partial charge in [0, 0.05) is 23.7 Å². The lowest BCUT2D eigenvalue weighted by Gasteiger charge is -2.30. The standard InChI is InChI=1S/C22H28ClN3O4S/c1-4-21(27)25-18-9-5-16(6-10-18)14-26(20(22(24)28)13-15(2)3)31(29,30)19-11-7-17(23)8-12-19/h5-12,15,20H,4,13-14H2,1-3H3,(H2,24,28)(H,25,27)/t20-/m1/s1. The number of amides is 2. The number of nitrogens with two attached hydrogens (primary N) is 1. The fourth-order valence-electron chi connectivity index (χ4n) is 3.05. The van der Waals surface area contributed by atoms with Crippen molar-refractivity contribution in [2.45, 2.75) is 51.1 Å². The molecule has 2 aromatic carbocycles. The first-order valence-corrected chi connectivity index (χ1v) is 11.8. The highest BCUT2D eigenvalue weighted by atomic mass is 35.5. The van der Waals surface area contributed by atoms with Crippen molar-refractivity contribution in [3.63, 3.8) is 0 Å². The van der Waals surface area contributed by atoms with Gasteiger partial charge in [0.2, 0.25) is 21.8 Å². The Kier molecular flexibility index (Phi) is 8.61. The lowest BCUT2D eigenvalue weighted by atomic mass is 10.0. The molecule has 0 aliphatic rings. The van der Waals surface area contributed by atoms with Gasteiger partial charge in [-0.25, -0.2) is 8.42 Å². The third-order valence-corrected chi connectivity index (χ3v) is 6.81. The maximum atomic E-state index is 13.4. The van der Waals surface area contributed by atoms with Gasteiger partial charge in [0.25, 0.3) is 0 Å². The van der Waals surface area contributed by atoms with Gasteiger partial charge in [0.05, 0.1) is 4.90 Å². The number of carbonyl (C=O) groups excluding carboxylic acids is 2. The number of halogens is 1. The topological polar surface area (TPSA) is 110 Å². The Morgan fingerprint density at radius 3 is 2.13 bits per heavy atom. The van der Waals surface area contributed by atoms with Crippen LogP contribution in [0.1, 0.15) is 39.2 Å². The summed E-state index contributed by atoms with van der Waals surface area (Å²) in [4.78, 5) is 23.8. The number of nitrogens with zero attached hydrogens (tertiary/aromatic N) is 1. The molecule has 31 heavy (non-hydrogen) atoms. The molecule has 168 valence electrons. The zero-order valence-corrected chi connectivity index (χ0v) is 19.4. The Morgan fingerprint density at radius 2 is 1.65 bits per heavy atom. The molecule has 7 nitrogen and oxygen atoms in total. The van der Waals surface area contributed by atoms with Crippen molar-refractivity contribution in [1.82, 2.24) is 4.31 Å². The van der Waals surface area contributed by atoms with E-state index in [9.17, 15) is 18.0 Å². The Hall–Kier alpha value is -2.42. The van der Waals surface area contributed by atoms with Crippen LogP contribution >= 0.6 is 11.6 Å². The third-order valence-electron chi connectivity index (χ3n) is 4.69. The molecule has 0 unspecified atom stereocenters. The van der Waals surface area contributed by atoms with Gasteiger partial charge in [0.15, 0.2) is 0 Å². The molecule has 2 rings (SSSR count). The highest BCUT2D eigenvalue weighted by Gasteiger charge is 2.35. The second-order valence-electron chi connectivity index (χ2n) is 7.65. The number of benzene rings is 2. The molecular weight excluding hydrogens is 438 g/mol. The van der Waals surface area contributed by atoms with Crippen LogP contribution in [0.2, 0.25) is 5.02 Å². The highest BCUT2D eigenvalue weighted by Crippen LogP contribution is 2.26. The van der Waals surface area contributed by atoms with E-state index in [1.807, 2.05) is 13.8 Å². The van der Waals surface area contributed by atoms with Crippen molar-refractivity contribution in [2.75, 3.05) is 5.32 Å². The summed E-state index contributed by atoms with van der Waals surface area (Å²) in [7, 11) is -4.03. The molecule has 0 radical (unpaired) electrons. The van der Waals surface area contributed by atoms with Crippen LogP contribution in [-0.4, -0.2) is 30.6 Å². The molecule has 0 aliphatic carbocycles. The first kappa shape index (κ1) is 24.8. The van der Waals surface area contributed by atoms with Crippen molar-refractivity contribution in [3.05, 3.63) is 59.1 Å². The van der Waals surface area contributed by atoms with E-state index in [4.69, 9.17) is 17.3 Å². The van der Waals surface area contributed by atoms with Crippen molar-refractivity contribution in [1.29, 1.82) is 0 Å². The molecule has 0 saturated carbocycles. The molecule has 0 saturated heterocycles. The van der Waals surface area contributed by atoms with Gasteiger partial charge in [0.1, 0.15) is 6.04 Å². The maximum Gasteiger partial charge on any atom is 0.244 e. The van der Waals surface area contributed by atoms with E-state index in [1.165, 1.54) is 24.3 Å². The van der Waals surface area contributed by atoms with Crippen LogP contribution in [-0.2, 0) is 26.2 Å². The number of hydrogen-bond acceptors (Lipinski definition) is 4. The summed E-state index contributed by atoms with van der Waals surface area (Å²) in [5, 5.41) is 3.15. The molecule has 3 N–H and O–H groups in total. The minimum absolute atomic E-state index is 0.0266. The predicted octanol–water partition coefficient (Wildman–Crippen LogP) is 3.78. The van der Waals surface area contributed by atoms with Crippen molar-refractivity contribution < 1.29 is 18.0 Å². The summed E-state index contributed by atoms with van der Waals surface area (Å²) in [5.41, 5.74) is 6.88. The monoisotopic (exact) mass is 465 g/mol. The minimum Gasteiger partial charge on any atom is -0.368 e. The van der Waals surface area contributed by atoms with Gasteiger partial charge in [-0.1, -0.05) is 44.5 Å². The average molecular weight is 466 g/mol. The summed E-state index contributed by atoms with van der Waals surface area (Å²) < 4.78 is 28.0. The molecule has 9 heteroatoms. The molecule has 0 aliphatic heterocycles. The van der Waals surface area contributed by atoms with E-state index in [0.29, 0.717) is 22.7 Å². The second kappa shape index (κ2) is 10.7. The van der Waals surface area contributed by atoms with Crippen LogP contribution in [0, 0.1) is 5.92 Å². The zero-order valence-electron chi connectivity index (χ0n) is 17.8. The largest absolute Gasteiger partial charge is 0.368 e. The summed E-state index contributed by atoms with van der Waals surface area (Å²) in [6.07, 6.45) is 0.636. The first-order valence-electron chi connectivity index (χ1n) is 10.00. The van der Waals surface area contributed by atoms with Gasteiger partial charge < -0.3 is 11.1 Å². The van der Waals surface area contributed by atoms with E-state index < -0.39 is 22.0 Å². The number of carbonyl (C=O) groups is 2. The SMILES string of the molecule is CCC(=O)Nc1ccc(CN([C@H](CC(C)C)C(N)=O)S(=O)(=O)c2ccc(Cl)cc2)cc1. The van der Waals surface area contributed by atoms with E-state index in [-0.39, 0.29) is 29.7 Å². The highest BCUT2D eigenvalue weighted by molar-refractivity contribution is 7.89. The Morgan fingerprint density at radius 1 is 1.06 bits per heavy atom. The third kappa shape index (κ3) is 6.78. The van der Waals surface area contributed by atoms with Crippen molar-refractivity contribution >= 4 is 39.1 Å². The Balaban J connectivity index is 2.43. The Labute approximate surface area is 188 Å². The molecule has 1 atom stereocenters. The van der Waals surface area contributed by atoms with E-state index in [0.717, 1.165) is 4.31 Å². The number of nitrogens with one attached hydrogen (secondary N) is 1. The van der Waals surface area contributed by atoms with Gasteiger partial charge in [-0.3, -0.25) is 9.59 Å². The lowest BCUT2D eigenvalue weighted by Crippen LogP contribution is -2.48. The van der Waals surface area contributed by atoms with Gasteiger partial charge in [-0.15, -0.1) is 0 Å². The lowest BCUT2D eigenvalue weighted by molar-refractivity contribution is -0.122. The number of primary amides is 1. The minimum atomic E-state index is -4.03. The van der Waals surface area contributed by atoms with Crippen LogP contribution < -0.4 is 11.1 Å². The summed E-state index contributed by atoms with van der Waals surface area (Å²) in [5.74, 6) is -0.782. The first-order chi connectivity index (χ1) is 14.5. The summed E-state index contributed by atoms with van der Waals surface area (Å²) in [6.45, 7) is 5.50. The van der Waals surface area contributed by atoms with Crippen LogP contribution in [0.4, 0.5) is 5.69 Å². The Bertz CT molecular complexity index is 1010. The molecule has 0 aromatic heterocycles. The number of rotatable bonds is 10. The van der Waals surface area contributed by atoms with Crippen LogP contribution in [0.5, 0.6) is 0 Å². The molecular formula is C22H28ClN3O4S. The fraction of sp³-hybridized carbons (Fsp3) is 0.364. The molecule has 0 fully saturated rings. The van der Waals surface area contributed by atoms with Crippen molar-refractivity contribution in [3.8, 4) is 0 Å². The van der Waals surface area contributed by atoms with Gasteiger partial charge >= 0.3 is 0 Å². The molecule has 0 spiro atoms. The summed E-state index contributed by atoms with van der Waals surface area (Å²) >= 11 is 5.90. The van der Waals surface area contributed by atoms with E-state index in [2.05, 4.69) is 5.32 Å². The fourth-order valence-corrected chi connectivity index (χ4v) is 4.77. The van der Waals surface area contributed by atoms with Gasteiger partial charge in [-0.2, -0.15) is 4.31 Å². The zero-order chi connectivity index (χ0) is 23.2. The number of sulfonamides is 1. The maximum absolute atomic E-state index is 13.4. The van der Waals surface area contributed by atoms with E-state index in [1.54, 1.807) is 31.2 Å². The smallest absolute Gasteiger partial charge is 0.244 e. The quantitative estimate of drug-likeness (QED) is 0.556. The second-order valence-corrected chi connectivity index (χ2v) is 9.98. The van der Waals surface area contributed by atoms with Crippen LogP contribution in [0.3, 0.4) is 0 Å². The normalized spacial score (nSPS) is 12.7. The predicted molar refractivity (Wildman–Crippen MR) is 122 cm³/mol. The average Bonchev–Trinajstić information content (AvgIpc) is 2.71. The van der Waals surface area contributed by atoms with Crippen molar-refractivity contribution in [2.24, 2.45) is 11.7 Å². The molecule has 0 bridgehead atoms. The molecule has 2 aromatic rings.